The van der Waals surface area contributed by atoms with Gasteiger partial charge in [0.15, 0.2) is 17.5 Å². The van der Waals surface area contributed by atoms with E-state index in [4.69, 9.17) is 21.1 Å². The fourth-order valence-corrected chi connectivity index (χ4v) is 3.68. The second kappa shape index (κ2) is 8.56. The Morgan fingerprint density at radius 3 is 2.96 bits per heavy atom. The lowest BCUT2D eigenvalue weighted by Gasteiger charge is -2.27. The van der Waals surface area contributed by atoms with Crippen LogP contribution in [0, 0.1) is 0 Å². The second-order valence-electron chi connectivity index (χ2n) is 6.84. The Morgan fingerprint density at radius 2 is 2.14 bits per heavy atom. The van der Waals surface area contributed by atoms with Gasteiger partial charge in [-0.05, 0) is 30.7 Å². The van der Waals surface area contributed by atoms with Crippen molar-refractivity contribution in [2.75, 3.05) is 38.2 Å². The van der Waals surface area contributed by atoms with Crippen molar-refractivity contribution in [3.05, 3.63) is 47.6 Å². The molecule has 4 rings (SSSR count). The van der Waals surface area contributed by atoms with Crippen LogP contribution in [0.5, 0.6) is 11.5 Å². The van der Waals surface area contributed by atoms with Gasteiger partial charge in [-0.15, -0.1) is 0 Å². The number of rotatable bonds is 4. The largest absolute Gasteiger partial charge is 0.486 e. The monoisotopic (exact) mass is 401 g/mol. The number of pyridine rings is 1. The Labute approximate surface area is 169 Å². The van der Waals surface area contributed by atoms with Crippen LogP contribution < -0.4 is 25.0 Å². The zero-order valence-electron chi connectivity index (χ0n) is 15.8. The molecule has 2 aromatic rings. The molecule has 1 saturated heterocycles. The van der Waals surface area contributed by atoms with Crippen molar-refractivity contribution in [3.8, 4) is 11.5 Å². The van der Waals surface area contributed by atoms with Crippen molar-refractivity contribution in [1.29, 1.82) is 0 Å². The number of halogens is 1. The number of benzene rings is 1. The minimum atomic E-state index is -0.0687. The standard InChI is InChI=1S/C20H24ClN5O2/c1-22-20(24-11-15-13-27-17-6-2-3-7-18(17)28-15)25-14-8-10-26(12-14)19-16(21)5-4-9-23-19/h2-7,9,14-15H,8,10-13H2,1H3,(H2,22,24,25). The molecule has 1 aromatic carbocycles. The van der Waals surface area contributed by atoms with Gasteiger partial charge in [-0.3, -0.25) is 4.99 Å². The second-order valence-corrected chi connectivity index (χ2v) is 7.24. The van der Waals surface area contributed by atoms with E-state index in [1.165, 1.54) is 0 Å². The SMILES string of the molecule is CN=C(NCC1COc2ccccc2O1)NC1CCN(c2ncccc2Cl)C1. The third-order valence-corrected chi connectivity index (χ3v) is 5.15. The van der Waals surface area contributed by atoms with Crippen LogP contribution in [0.15, 0.2) is 47.6 Å². The summed E-state index contributed by atoms with van der Waals surface area (Å²) in [6.45, 7) is 2.85. The molecular weight excluding hydrogens is 378 g/mol. The number of hydrogen-bond donors (Lipinski definition) is 2. The van der Waals surface area contributed by atoms with Gasteiger partial charge in [-0.25, -0.2) is 4.98 Å². The number of guanidine groups is 1. The third kappa shape index (κ3) is 4.25. The summed E-state index contributed by atoms with van der Waals surface area (Å²) in [4.78, 5) is 10.9. The van der Waals surface area contributed by atoms with Crippen molar-refractivity contribution in [2.45, 2.75) is 18.6 Å². The van der Waals surface area contributed by atoms with Gasteiger partial charge in [-0.1, -0.05) is 23.7 Å². The van der Waals surface area contributed by atoms with Crippen LogP contribution in [-0.2, 0) is 0 Å². The predicted molar refractivity (Wildman–Crippen MR) is 111 cm³/mol. The highest BCUT2D eigenvalue weighted by Crippen LogP contribution is 2.30. The Hall–Kier alpha value is -2.67. The summed E-state index contributed by atoms with van der Waals surface area (Å²) in [5.41, 5.74) is 0. The van der Waals surface area contributed by atoms with Crippen molar-refractivity contribution in [3.63, 3.8) is 0 Å². The molecule has 2 aliphatic heterocycles. The predicted octanol–water partition coefficient (Wildman–Crippen LogP) is 2.32. The summed E-state index contributed by atoms with van der Waals surface area (Å²) in [5.74, 6) is 3.16. The highest BCUT2D eigenvalue weighted by atomic mass is 35.5. The zero-order valence-corrected chi connectivity index (χ0v) is 16.5. The smallest absolute Gasteiger partial charge is 0.191 e. The van der Waals surface area contributed by atoms with E-state index < -0.39 is 0 Å². The topological polar surface area (TPSA) is 71.0 Å². The number of aliphatic imine (C=N–C) groups is 1. The van der Waals surface area contributed by atoms with E-state index in [0.29, 0.717) is 18.2 Å². The average molecular weight is 402 g/mol. The number of ether oxygens (including phenoxy) is 2. The van der Waals surface area contributed by atoms with Gasteiger partial charge in [0.05, 0.1) is 11.6 Å². The van der Waals surface area contributed by atoms with E-state index in [2.05, 4.69) is 25.5 Å². The molecule has 2 aliphatic rings. The number of anilines is 1. The van der Waals surface area contributed by atoms with Crippen LogP contribution in [0.25, 0.3) is 0 Å². The van der Waals surface area contributed by atoms with Crippen LogP contribution in [0.2, 0.25) is 5.02 Å². The lowest BCUT2D eigenvalue weighted by atomic mass is 10.2. The molecule has 0 amide bonds. The zero-order chi connectivity index (χ0) is 19.3. The van der Waals surface area contributed by atoms with Gasteiger partial charge < -0.3 is 25.0 Å². The number of aromatic nitrogens is 1. The Kier molecular flexibility index (Phi) is 5.71. The van der Waals surface area contributed by atoms with Gasteiger partial charge in [0.1, 0.15) is 18.5 Å². The molecule has 2 atom stereocenters. The maximum atomic E-state index is 6.27. The van der Waals surface area contributed by atoms with Crippen LogP contribution in [-0.4, -0.2) is 56.4 Å². The first kappa shape index (κ1) is 18.7. The summed E-state index contributed by atoms with van der Waals surface area (Å²) < 4.78 is 11.7. The Morgan fingerprint density at radius 1 is 1.29 bits per heavy atom. The van der Waals surface area contributed by atoms with Crippen LogP contribution in [0.3, 0.4) is 0 Å². The van der Waals surface area contributed by atoms with Crippen molar-refractivity contribution in [1.82, 2.24) is 15.6 Å². The van der Waals surface area contributed by atoms with Gasteiger partial charge in [0.2, 0.25) is 0 Å². The first-order valence-corrected chi connectivity index (χ1v) is 9.82. The van der Waals surface area contributed by atoms with E-state index >= 15 is 0 Å². The van der Waals surface area contributed by atoms with E-state index in [1.54, 1.807) is 13.2 Å². The number of fused-ring (bicyclic) bond motifs is 1. The molecule has 0 radical (unpaired) electrons. The van der Waals surface area contributed by atoms with Gasteiger partial charge in [-0.2, -0.15) is 0 Å². The molecule has 3 heterocycles. The molecule has 28 heavy (non-hydrogen) atoms. The molecule has 8 heteroatoms. The fourth-order valence-electron chi connectivity index (χ4n) is 3.44. The molecule has 7 nitrogen and oxygen atoms in total. The fraction of sp³-hybridized carbons (Fsp3) is 0.400. The van der Waals surface area contributed by atoms with Gasteiger partial charge in [0.25, 0.3) is 0 Å². The van der Waals surface area contributed by atoms with Crippen molar-refractivity contribution < 1.29 is 9.47 Å². The molecule has 1 fully saturated rings. The van der Waals surface area contributed by atoms with Crippen LogP contribution >= 0.6 is 11.6 Å². The van der Waals surface area contributed by atoms with E-state index in [0.717, 1.165) is 42.8 Å². The number of nitrogens with one attached hydrogen (secondary N) is 2. The van der Waals surface area contributed by atoms with E-state index in [-0.39, 0.29) is 12.1 Å². The minimum Gasteiger partial charge on any atom is -0.486 e. The van der Waals surface area contributed by atoms with Gasteiger partial charge >= 0.3 is 0 Å². The number of nitrogens with zero attached hydrogens (tertiary/aromatic N) is 3. The molecule has 0 bridgehead atoms. The average Bonchev–Trinajstić information content (AvgIpc) is 3.19. The molecule has 2 N–H and O–H groups in total. The summed E-state index contributed by atoms with van der Waals surface area (Å²) >= 11 is 6.27. The quantitative estimate of drug-likeness (QED) is 0.605. The minimum absolute atomic E-state index is 0.0687. The lowest BCUT2D eigenvalue weighted by Crippen LogP contribution is -2.48. The normalized spacial score (nSPS) is 21.5. The first-order valence-electron chi connectivity index (χ1n) is 9.44. The molecule has 148 valence electrons. The Balaban J connectivity index is 1.27. The number of hydrogen-bond acceptors (Lipinski definition) is 5. The highest BCUT2D eigenvalue weighted by Gasteiger charge is 2.26. The highest BCUT2D eigenvalue weighted by molar-refractivity contribution is 6.32. The maximum Gasteiger partial charge on any atom is 0.191 e. The van der Waals surface area contributed by atoms with Crippen molar-refractivity contribution >= 4 is 23.4 Å². The van der Waals surface area contributed by atoms with E-state index in [9.17, 15) is 0 Å². The first-order chi connectivity index (χ1) is 13.7. The molecule has 0 spiro atoms. The van der Waals surface area contributed by atoms with E-state index in [1.807, 2.05) is 36.4 Å². The molecule has 0 saturated carbocycles. The summed E-state index contributed by atoms with van der Waals surface area (Å²) in [6, 6.07) is 11.7. The van der Waals surface area contributed by atoms with Gasteiger partial charge in [0, 0.05) is 32.4 Å². The van der Waals surface area contributed by atoms with Crippen molar-refractivity contribution in [2.24, 2.45) is 4.99 Å². The summed E-state index contributed by atoms with van der Waals surface area (Å²) in [6.07, 6.45) is 2.69. The van der Waals surface area contributed by atoms with Crippen LogP contribution in [0.4, 0.5) is 5.82 Å². The third-order valence-electron chi connectivity index (χ3n) is 4.86. The summed E-state index contributed by atoms with van der Waals surface area (Å²) in [5, 5.41) is 7.49. The summed E-state index contributed by atoms with van der Waals surface area (Å²) in [7, 11) is 1.77. The Bertz CT molecular complexity index is 847. The molecule has 2 unspecified atom stereocenters. The van der Waals surface area contributed by atoms with Crippen LogP contribution in [0.1, 0.15) is 6.42 Å². The number of para-hydroxylation sites is 2. The molecule has 1 aromatic heterocycles. The molecular formula is C20H24ClN5O2. The lowest BCUT2D eigenvalue weighted by molar-refractivity contribution is 0.0936. The molecule has 0 aliphatic carbocycles. The maximum absolute atomic E-state index is 6.27.